The van der Waals surface area contributed by atoms with Gasteiger partial charge in [0.2, 0.25) is 0 Å². The van der Waals surface area contributed by atoms with Crippen LogP contribution < -0.4 is 5.73 Å². The molecule has 0 rings (SSSR count). The Kier molecular flexibility index (Phi) is 6.19. The fourth-order valence-corrected chi connectivity index (χ4v) is 0.581. The van der Waals surface area contributed by atoms with Gasteiger partial charge in [-0.1, -0.05) is 37.6 Å². The summed E-state index contributed by atoms with van der Waals surface area (Å²) in [5, 5.41) is 0. The Morgan fingerprint density at radius 2 is 2.10 bits per heavy atom. The van der Waals surface area contributed by atoms with Crippen LogP contribution in [0.15, 0.2) is 24.3 Å². The first-order valence-electron chi connectivity index (χ1n) is 3.86. The fourth-order valence-electron chi connectivity index (χ4n) is 0.581. The molecule has 0 aliphatic heterocycles. The molecule has 1 atom stereocenters. The second kappa shape index (κ2) is 6.56. The number of nitrogens with two attached hydrogens (primary N) is 1. The van der Waals surface area contributed by atoms with E-state index in [1.165, 1.54) is 6.42 Å². The highest BCUT2D eigenvalue weighted by Crippen LogP contribution is 1.89. The topological polar surface area (TPSA) is 26.0 Å². The van der Waals surface area contributed by atoms with Gasteiger partial charge in [-0.3, -0.25) is 0 Å². The van der Waals surface area contributed by atoms with Gasteiger partial charge < -0.3 is 5.73 Å². The average Bonchev–Trinajstić information content (AvgIpc) is 1.87. The molecule has 0 spiro atoms. The highest BCUT2D eigenvalue weighted by molar-refractivity contribution is 5.04. The third-order valence-corrected chi connectivity index (χ3v) is 1.12. The Labute approximate surface area is 63.6 Å². The Bertz CT molecular complexity index is 112. The number of hydrogen-bond acceptors (Lipinski definition) is 1. The molecule has 0 heterocycles. The van der Waals surface area contributed by atoms with Gasteiger partial charge in [-0.15, -0.1) is 0 Å². The van der Waals surface area contributed by atoms with E-state index >= 15 is 0 Å². The minimum absolute atomic E-state index is 0.172. The van der Waals surface area contributed by atoms with Crippen LogP contribution in [0, 0.1) is 0 Å². The van der Waals surface area contributed by atoms with Gasteiger partial charge in [0, 0.05) is 6.04 Å². The van der Waals surface area contributed by atoms with Gasteiger partial charge in [-0.05, 0) is 13.3 Å². The van der Waals surface area contributed by atoms with E-state index in [2.05, 4.69) is 13.0 Å². The molecule has 0 bridgehead atoms. The van der Waals surface area contributed by atoms with E-state index in [4.69, 9.17) is 5.73 Å². The minimum Gasteiger partial charge on any atom is -0.325 e. The van der Waals surface area contributed by atoms with E-state index in [1.807, 2.05) is 25.2 Å². The highest BCUT2D eigenvalue weighted by Gasteiger charge is 1.78. The summed E-state index contributed by atoms with van der Waals surface area (Å²) in [5.74, 6) is 0. The molecule has 0 aliphatic carbocycles. The van der Waals surface area contributed by atoms with Gasteiger partial charge in [-0.2, -0.15) is 0 Å². The summed E-state index contributed by atoms with van der Waals surface area (Å²) >= 11 is 0. The van der Waals surface area contributed by atoms with Crippen LogP contribution in [0.4, 0.5) is 0 Å². The van der Waals surface area contributed by atoms with Crippen LogP contribution in [0.5, 0.6) is 0 Å². The Morgan fingerprint density at radius 3 is 2.60 bits per heavy atom. The summed E-state index contributed by atoms with van der Waals surface area (Å²) in [6, 6.07) is 0.172. The molecule has 0 aliphatic rings. The molecule has 0 aromatic carbocycles. The molecule has 10 heavy (non-hydrogen) atoms. The summed E-state index contributed by atoms with van der Waals surface area (Å²) in [6.45, 7) is 4.13. The lowest BCUT2D eigenvalue weighted by Crippen LogP contribution is -2.09. The van der Waals surface area contributed by atoms with Crippen molar-refractivity contribution >= 4 is 0 Å². The van der Waals surface area contributed by atoms with Gasteiger partial charge in [0.25, 0.3) is 0 Å². The molecule has 0 saturated carbocycles. The van der Waals surface area contributed by atoms with Gasteiger partial charge >= 0.3 is 0 Å². The van der Waals surface area contributed by atoms with Crippen LogP contribution in [-0.4, -0.2) is 6.04 Å². The summed E-state index contributed by atoms with van der Waals surface area (Å²) in [7, 11) is 0. The monoisotopic (exact) mass is 139 g/mol. The average molecular weight is 139 g/mol. The number of allylic oxidation sites excluding steroid dienone is 3. The van der Waals surface area contributed by atoms with Crippen molar-refractivity contribution in [2.45, 2.75) is 32.7 Å². The zero-order valence-corrected chi connectivity index (χ0v) is 6.88. The Morgan fingerprint density at radius 1 is 1.40 bits per heavy atom. The van der Waals surface area contributed by atoms with Crippen LogP contribution in [0.3, 0.4) is 0 Å². The molecule has 1 unspecified atom stereocenters. The van der Waals surface area contributed by atoms with E-state index in [0.29, 0.717) is 0 Å². The molecule has 2 N–H and O–H groups in total. The largest absolute Gasteiger partial charge is 0.325 e. The molecule has 0 fully saturated rings. The van der Waals surface area contributed by atoms with Crippen molar-refractivity contribution < 1.29 is 0 Å². The van der Waals surface area contributed by atoms with Crippen molar-refractivity contribution in [3.05, 3.63) is 24.3 Å². The zero-order chi connectivity index (χ0) is 7.82. The van der Waals surface area contributed by atoms with Crippen LogP contribution in [0.25, 0.3) is 0 Å². The number of unbranched alkanes of at least 4 members (excludes halogenated alkanes) is 1. The molecule has 58 valence electrons. The predicted octanol–water partition coefficient (Wildman–Crippen LogP) is 2.25. The number of rotatable bonds is 4. The molecule has 0 aromatic rings. The summed E-state index contributed by atoms with van der Waals surface area (Å²) in [4.78, 5) is 0. The van der Waals surface area contributed by atoms with Crippen molar-refractivity contribution in [1.29, 1.82) is 0 Å². The molecule has 0 radical (unpaired) electrons. The first kappa shape index (κ1) is 9.44. The molecular weight excluding hydrogens is 122 g/mol. The molecule has 1 heteroatoms. The predicted molar refractivity (Wildman–Crippen MR) is 46.8 cm³/mol. The molecular formula is C9H17N. The molecule has 1 nitrogen and oxygen atoms in total. The maximum atomic E-state index is 5.49. The van der Waals surface area contributed by atoms with E-state index in [0.717, 1.165) is 6.42 Å². The van der Waals surface area contributed by atoms with Crippen LogP contribution >= 0.6 is 0 Å². The normalized spacial score (nSPS) is 15.1. The molecule has 0 saturated heterocycles. The first-order chi connectivity index (χ1) is 4.77. The smallest absolute Gasteiger partial charge is 0.0197 e. The SMILES string of the molecule is CCC/C=C/C=C/C(C)N. The fraction of sp³-hybridized carbons (Fsp3) is 0.556. The van der Waals surface area contributed by atoms with Crippen molar-refractivity contribution in [2.75, 3.05) is 0 Å². The highest BCUT2D eigenvalue weighted by atomic mass is 14.6. The molecule has 0 aromatic heterocycles. The van der Waals surface area contributed by atoms with E-state index < -0.39 is 0 Å². The second-order valence-corrected chi connectivity index (χ2v) is 2.46. The van der Waals surface area contributed by atoms with Crippen LogP contribution in [0.1, 0.15) is 26.7 Å². The maximum absolute atomic E-state index is 5.49. The Balaban J connectivity index is 3.32. The Hall–Kier alpha value is -0.560. The van der Waals surface area contributed by atoms with Gasteiger partial charge in [0.15, 0.2) is 0 Å². The lowest BCUT2D eigenvalue weighted by atomic mass is 10.3. The summed E-state index contributed by atoms with van der Waals surface area (Å²) < 4.78 is 0. The summed E-state index contributed by atoms with van der Waals surface area (Å²) in [6.07, 6.45) is 10.5. The first-order valence-corrected chi connectivity index (χ1v) is 3.86. The van der Waals surface area contributed by atoms with Crippen molar-refractivity contribution in [3.8, 4) is 0 Å². The van der Waals surface area contributed by atoms with Gasteiger partial charge in [0.1, 0.15) is 0 Å². The van der Waals surface area contributed by atoms with Crippen LogP contribution in [0.2, 0.25) is 0 Å². The van der Waals surface area contributed by atoms with E-state index in [-0.39, 0.29) is 6.04 Å². The lowest BCUT2D eigenvalue weighted by Gasteiger charge is -1.90. The second-order valence-electron chi connectivity index (χ2n) is 2.46. The summed E-state index contributed by atoms with van der Waals surface area (Å²) in [5.41, 5.74) is 5.49. The quantitative estimate of drug-likeness (QED) is 0.594. The third kappa shape index (κ3) is 7.44. The standard InChI is InChI=1S/C9H17N/c1-3-4-5-6-7-8-9(2)10/h5-9H,3-4,10H2,1-2H3/b6-5+,8-7+. The van der Waals surface area contributed by atoms with Gasteiger partial charge in [-0.25, -0.2) is 0 Å². The minimum atomic E-state index is 0.172. The van der Waals surface area contributed by atoms with Crippen molar-refractivity contribution in [1.82, 2.24) is 0 Å². The number of hydrogen-bond donors (Lipinski definition) is 1. The maximum Gasteiger partial charge on any atom is 0.0197 e. The van der Waals surface area contributed by atoms with E-state index in [1.54, 1.807) is 0 Å². The zero-order valence-electron chi connectivity index (χ0n) is 6.88. The lowest BCUT2D eigenvalue weighted by molar-refractivity contribution is 0.925. The molecule has 0 amide bonds. The third-order valence-electron chi connectivity index (χ3n) is 1.12. The van der Waals surface area contributed by atoms with E-state index in [9.17, 15) is 0 Å². The van der Waals surface area contributed by atoms with Crippen molar-refractivity contribution in [3.63, 3.8) is 0 Å². The van der Waals surface area contributed by atoms with Crippen LogP contribution in [-0.2, 0) is 0 Å². The van der Waals surface area contributed by atoms with Crippen molar-refractivity contribution in [2.24, 2.45) is 5.73 Å². The van der Waals surface area contributed by atoms with Gasteiger partial charge in [0.05, 0.1) is 0 Å².